The Bertz CT molecular complexity index is 1090. The maximum Gasteiger partial charge on any atom is 0.214 e. The van der Waals surface area contributed by atoms with Gasteiger partial charge in [-0.05, 0) is 67.9 Å². The minimum Gasteiger partial charge on any atom is -0.474 e. The maximum atomic E-state index is 6.49. The molecule has 4 nitrogen and oxygen atoms in total. The van der Waals surface area contributed by atoms with Gasteiger partial charge in [0.25, 0.3) is 0 Å². The standard InChI is InChI=1S/C26H29N3O/c1-17-8-5-9-19(27-17)20-10-6-11-21(28-20)22-12-7-13-24(29-22)30-23-16-18-14-15-26(23,4)25(18,2)3/h5-13,18,23H,14-16H2,1-4H3/t18-,23+,26+/m0/s1. The first kappa shape index (κ1) is 19.2. The Morgan fingerprint density at radius 3 is 2.00 bits per heavy atom. The Morgan fingerprint density at radius 2 is 1.40 bits per heavy atom. The third kappa shape index (κ3) is 3.01. The summed E-state index contributed by atoms with van der Waals surface area (Å²) in [6.45, 7) is 9.21. The van der Waals surface area contributed by atoms with Crippen LogP contribution in [0, 0.1) is 23.7 Å². The summed E-state index contributed by atoms with van der Waals surface area (Å²) in [6, 6.07) is 18.0. The molecule has 0 aromatic carbocycles. The average Bonchev–Trinajstić information content (AvgIpc) is 3.08. The molecule has 0 unspecified atom stereocenters. The molecule has 5 rings (SSSR count). The summed E-state index contributed by atoms with van der Waals surface area (Å²) in [4.78, 5) is 14.2. The van der Waals surface area contributed by atoms with Crippen LogP contribution in [-0.4, -0.2) is 21.1 Å². The lowest BCUT2D eigenvalue weighted by Crippen LogP contribution is -2.39. The molecular formula is C26H29N3O. The number of nitrogens with zero attached hydrogens (tertiary/aromatic N) is 3. The van der Waals surface area contributed by atoms with Crippen LogP contribution in [-0.2, 0) is 0 Å². The summed E-state index contributed by atoms with van der Waals surface area (Å²) in [5.74, 6) is 1.44. The topological polar surface area (TPSA) is 47.9 Å². The molecule has 2 fully saturated rings. The van der Waals surface area contributed by atoms with Crippen molar-refractivity contribution in [1.82, 2.24) is 15.0 Å². The number of fused-ring (bicyclic) bond motifs is 2. The number of rotatable bonds is 4. The summed E-state index contributed by atoms with van der Waals surface area (Å²) in [7, 11) is 0. The summed E-state index contributed by atoms with van der Waals surface area (Å²) >= 11 is 0. The number of aryl methyl sites for hydroxylation is 1. The zero-order valence-electron chi connectivity index (χ0n) is 18.2. The molecule has 0 radical (unpaired) electrons. The molecule has 0 saturated heterocycles. The quantitative estimate of drug-likeness (QED) is 0.531. The van der Waals surface area contributed by atoms with Gasteiger partial charge in [-0.1, -0.05) is 39.0 Å². The van der Waals surface area contributed by atoms with Crippen molar-refractivity contribution in [3.8, 4) is 28.7 Å². The summed E-state index contributed by atoms with van der Waals surface area (Å²) in [5, 5.41) is 0. The van der Waals surface area contributed by atoms with Gasteiger partial charge < -0.3 is 4.74 Å². The number of pyridine rings is 3. The summed E-state index contributed by atoms with van der Waals surface area (Å²) in [5.41, 5.74) is 4.91. The first-order chi connectivity index (χ1) is 14.4. The van der Waals surface area contributed by atoms with Crippen molar-refractivity contribution in [2.75, 3.05) is 0 Å². The SMILES string of the molecule is Cc1cccc(-c2cccc(-c3cccc(O[C@@H]4C[C@@H]5CC[C@@]4(C)C5(C)C)n3)n2)n1. The monoisotopic (exact) mass is 399 g/mol. The van der Waals surface area contributed by atoms with E-state index in [9.17, 15) is 0 Å². The van der Waals surface area contributed by atoms with Crippen LogP contribution in [0.25, 0.3) is 22.8 Å². The molecule has 30 heavy (non-hydrogen) atoms. The van der Waals surface area contributed by atoms with Crippen LogP contribution in [0.5, 0.6) is 5.88 Å². The van der Waals surface area contributed by atoms with Crippen LogP contribution >= 0.6 is 0 Å². The van der Waals surface area contributed by atoms with Gasteiger partial charge in [0.1, 0.15) is 6.10 Å². The zero-order valence-corrected chi connectivity index (χ0v) is 18.2. The maximum absolute atomic E-state index is 6.49. The molecule has 3 aromatic heterocycles. The third-order valence-corrected chi connectivity index (χ3v) is 7.86. The number of hydrogen-bond donors (Lipinski definition) is 0. The second kappa shape index (κ2) is 6.90. The van der Waals surface area contributed by atoms with E-state index in [0.717, 1.165) is 40.8 Å². The normalized spacial score (nSPS) is 26.7. The van der Waals surface area contributed by atoms with Crippen molar-refractivity contribution in [3.63, 3.8) is 0 Å². The van der Waals surface area contributed by atoms with E-state index in [4.69, 9.17) is 14.7 Å². The van der Waals surface area contributed by atoms with E-state index in [2.05, 4.69) is 25.8 Å². The molecule has 0 N–H and O–H groups in total. The van der Waals surface area contributed by atoms with Gasteiger partial charge in [0, 0.05) is 17.2 Å². The van der Waals surface area contributed by atoms with E-state index in [1.807, 2.05) is 61.5 Å². The largest absolute Gasteiger partial charge is 0.474 e. The molecule has 2 aliphatic carbocycles. The lowest BCUT2D eigenvalue weighted by molar-refractivity contribution is 0.0274. The third-order valence-electron chi connectivity index (χ3n) is 7.86. The van der Waals surface area contributed by atoms with Gasteiger partial charge in [0.05, 0.1) is 22.8 Å². The zero-order chi connectivity index (χ0) is 20.9. The second-order valence-corrected chi connectivity index (χ2v) is 9.65. The molecule has 3 heterocycles. The van der Waals surface area contributed by atoms with Crippen LogP contribution in [0.15, 0.2) is 54.6 Å². The number of ether oxygens (including phenoxy) is 1. The first-order valence-electron chi connectivity index (χ1n) is 10.9. The average molecular weight is 400 g/mol. The minimum atomic E-state index is 0.213. The Labute approximate surface area is 178 Å². The van der Waals surface area contributed by atoms with Crippen LogP contribution in [0.1, 0.15) is 45.7 Å². The number of hydrogen-bond acceptors (Lipinski definition) is 4. The molecule has 0 spiro atoms. The molecule has 3 aromatic rings. The van der Waals surface area contributed by atoms with E-state index >= 15 is 0 Å². The lowest BCUT2D eigenvalue weighted by Gasteiger charge is -2.38. The Hall–Kier alpha value is -2.75. The number of aromatic nitrogens is 3. The first-order valence-corrected chi connectivity index (χ1v) is 10.9. The van der Waals surface area contributed by atoms with E-state index in [0.29, 0.717) is 11.3 Å². The molecule has 4 heteroatoms. The van der Waals surface area contributed by atoms with Gasteiger partial charge in [0.15, 0.2) is 0 Å². The van der Waals surface area contributed by atoms with Crippen molar-refractivity contribution < 1.29 is 4.74 Å². The molecule has 2 aliphatic rings. The van der Waals surface area contributed by atoms with Gasteiger partial charge in [-0.2, -0.15) is 0 Å². The lowest BCUT2D eigenvalue weighted by atomic mass is 9.70. The smallest absolute Gasteiger partial charge is 0.214 e. The van der Waals surface area contributed by atoms with Gasteiger partial charge in [-0.25, -0.2) is 9.97 Å². The van der Waals surface area contributed by atoms with Gasteiger partial charge in [-0.3, -0.25) is 4.98 Å². The van der Waals surface area contributed by atoms with Gasteiger partial charge in [0.2, 0.25) is 5.88 Å². The van der Waals surface area contributed by atoms with Crippen LogP contribution < -0.4 is 4.74 Å². The molecule has 154 valence electrons. The van der Waals surface area contributed by atoms with Crippen LogP contribution in [0.3, 0.4) is 0 Å². The highest BCUT2D eigenvalue weighted by Crippen LogP contribution is 2.66. The molecule has 2 bridgehead atoms. The van der Waals surface area contributed by atoms with Gasteiger partial charge >= 0.3 is 0 Å². The molecular weight excluding hydrogens is 370 g/mol. The fourth-order valence-corrected chi connectivity index (χ4v) is 5.48. The highest BCUT2D eigenvalue weighted by atomic mass is 16.5. The van der Waals surface area contributed by atoms with E-state index in [-0.39, 0.29) is 11.5 Å². The predicted octanol–water partition coefficient (Wildman–Crippen LogP) is 6.11. The van der Waals surface area contributed by atoms with Crippen molar-refractivity contribution >= 4 is 0 Å². The van der Waals surface area contributed by atoms with E-state index in [1.54, 1.807) is 0 Å². The summed E-state index contributed by atoms with van der Waals surface area (Å²) in [6.07, 6.45) is 3.91. The summed E-state index contributed by atoms with van der Waals surface area (Å²) < 4.78 is 6.49. The minimum absolute atomic E-state index is 0.213. The van der Waals surface area contributed by atoms with Crippen molar-refractivity contribution in [2.45, 2.75) is 53.1 Å². The van der Waals surface area contributed by atoms with Gasteiger partial charge in [-0.15, -0.1) is 0 Å². The van der Waals surface area contributed by atoms with Crippen molar-refractivity contribution in [2.24, 2.45) is 16.7 Å². The van der Waals surface area contributed by atoms with Crippen molar-refractivity contribution in [3.05, 3.63) is 60.3 Å². The van der Waals surface area contributed by atoms with E-state index < -0.39 is 0 Å². The highest BCUT2D eigenvalue weighted by molar-refractivity contribution is 5.62. The van der Waals surface area contributed by atoms with Crippen molar-refractivity contribution in [1.29, 1.82) is 0 Å². The fourth-order valence-electron chi connectivity index (χ4n) is 5.48. The van der Waals surface area contributed by atoms with Crippen LogP contribution in [0.2, 0.25) is 0 Å². The predicted molar refractivity (Wildman–Crippen MR) is 119 cm³/mol. The Morgan fingerprint density at radius 1 is 0.800 bits per heavy atom. The van der Waals surface area contributed by atoms with Crippen LogP contribution in [0.4, 0.5) is 0 Å². The molecule has 2 saturated carbocycles. The molecule has 0 amide bonds. The fraction of sp³-hybridized carbons (Fsp3) is 0.423. The molecule has 0 aliphatic heterocycles. The Kier molecular flexibility index (Phi) is 4.42. The highest BCUT2D eigenvalue weighted by Gasteiger charge is 2.62. The Balaban J connectivity index is 1.42. The second-order valence-electron chi connectivity index (χ2n) is 9.65. The van der Waals surface area contributed by atoms with E-state index in [1.165, 1.54) is 12.8 Å². The molecule has 3 atom stereocenters.